The Labute approximate surface area is 107 Å². The second-order valence-electron chi connectivity index (χ2n) is 5.78. The van der Waals surface area contributed by atoms with Gasteiger partial charge in [-0.3, -0.25) is 0 Å². The summed E-state index contributed by atoms with van der Waals surface area (Å²) in [6.07, 6.45) is 2.50. The molecule has 0 aromatic carbocycles. The molecule has 0 rings (SSSR count). The standard InChI is InChI=1S/C14H32N2O/c1-7-12(11(6)17-10(4)5)8-13(9(2)3)14(15)16/h9-14H,7-8,15-16H2,1-6H3. The van der Waals surface area contributed by atoms with Crippen LogP contribution >= 0.6 is 0 Å². The van der Waals surface area contributed by atoms with Crippen molar-refractivity contribution < 1.29 is 4.74 Å². The summed E-state index contributed by atoms with van der Waals surface area (Å²) in [5.41, 5.74) is 11.8. The quantitative estimate of drug-likeness (QED) is 0.645. The largest absolute Gasteiger partial charge is 0.376 e. The Bertz CT molecular complexity index is 185. The molecule has 17 heavy (non-hydrogen) atoms. The highest BCUT2D eigenvalue weighted by atomic mass is 16.5. The summed E-state index contributed by atoms with van der Waals surface area (Å²) in [7, 11) is 0. The molecular formula is C14H32N2O. The highest BCUT2D eigenvalue weighted by molar-refractivity contribution is 4.77. The van der Waals surface area contributed by atoms with Crippen molar-refractivity contribution in [1.82, 2.24) is 0 Å². The molecule has 0 aromatic rings. The van der Waals surface area contributed by atoms with E-state index in [9.17, 15) is 0 Å². The third-order valence-electron chi connectivity index (χ3n) is 3.60. The van der Waals surface area contributed by atoms with Crippen molar-refractivity contribution in [3.8, 4) is 0 Å². The van der Waals surface area contributed by atoms with Crippen molar-refractivity contribution >= 4 is 0 Å². The van der Waals surface area contributed by atoms with Crippen molar-refractivity contribution in [2.24, 2.45) is 29.2 Å². The maximum absolute atomic E-state index is 5.88. The van der Waals surface area contributed by atoms with Crippen LogP contribution < -0.4 is 11.5 Å². The number of hydrogen-bond donors (Lipinski definition) is 2. The molecule has 0 saturated heterocycles. The van der Waals surface area contributed by atoms with Gasteiger partial charge in [-0.25, -0.2) is 0 Å². The van der Waals surface area contributed by atoms with Crippen LogP contribution in [-0.2, 0) is 4.74 Å². The van der Waals surface area contributed by atoms with Gasteiger partial charge in [0.25, 0.3) is 0 Å². The number of rotatable bonds is 8. The van der Waals surface area contributed by atoms with Crippen LogP contribution in [-0.4, -0.2) is 18.4 Å². The molecule has 0 bridgehead atoms. The topological polar surface area (TPSA) is 61.3 Å². The lowest BCUT2D eigenvalue weighted by Crippen LogP contribution is -2.43. The summed E-state index contributed by atoms with van der Waals surface area (Å²) >= 11 is 0. The molecule has 0 heterocycles. The zero-order valence-corrected chi connectivity index (χ0v) is 12.4. The Morgan fingerprint density at radius 1 is 1.00 bits per heavy atom. The molecule has 3 unspecified atom stereocenters. The van der Waals surface area contributed by atoms with Gasteiger partial charge in [0, 0.05) is 0 Å². The molecule has 0 aliphatic carbocycles. The van der Waals surface area contributed by atoms with Crippen LogP contribution in [0.1, 0.15) is 54.4 Å². The van der Waals surface area contributed by atoms with E-state index in [1.54, 1.807) is 0 Å². The minimum Gasteiger partial charge on any atom is -0.376 e. The van der Waals surface area contributed by atoms with Gasteiger partial charge < -0.3 is 16.2 Å². The molecule has 0 aliphatic rings. The molecule has 0 amide bonds. The zero-order chi connectivity index (χ0) is 13.6. The van der Waals surface area contributed by atoms with Crippen LogP contribution in [0.4, 0.5) is 0 Å². The highest BCUT2D eigenvalue weighted by Gasteiger charge is 2.26. The van der Waals surface area contributed by atoms with E-state index in [1.165, 1.54) is 0 Å². The van der Waals surface area contributed by atoms with Gasteiger partial charge in [0.15, 0.2) is 0 Å². The lowest BCUT2D eigenvalue weighted by molar-refractivity contribution is -0.0247. The smallest absolute Gasteiger partial charge is 0.0578 e. The number of nitrogens with two attached hydrogens (primary N) is 2. The van der Waals surface area contributed by atoms with E-state index in [0.717, 1.165) is 12.8 Å². The van der Waals surface area contributed by atoms with Gasteiger partial charge >= 0.3 is 0 Å². The lowest BCUT2D eigenvalue weighted by Gasteiger charge is -2.32. The molecule has 0 spiro atoms. The summed E-state index contributed by atoms with van der Waals surface area (Å²) in [6.45, 7) is 12.9. The van der Waals surface area contributed by atoms with E-state index in [-0.39, 0.29) is 18.4 Å². The normalized spacial score (nSPS) is 17.8. The van der Waals surface area contributed by atoms with E-state index in [0.29, 0.717) is 17.8 Å². The maximum atomic E-state index is 5.88. The summed E-state index contributed by atoms with van der Waals surface area (Å²) in [6, 6.07) is 0. The minimum atomic E-state index is -0.227. The van der Waals surface area contributed by atoms with Crippen LogP contribution in [0, 0.1) is 17.8 Å². The van der Waals surface area contributed by atoms with Crippen LogP contribution in [0.15, 0.2) is 0 Å². The molecule has 0 saturated carbocycles. The predicted molar refractivity (Wildman–Crippen MR) is 74.6 cm³/mol. The van der Waals surface area contributed by atoms with E-state index < -0.39 is 0 Å². The first-order valence-electron chi connectivity index (χ1n) is 6.96. The average molecular weight is 244 g/mol. The van der Waals surface area contributed by atoms with Gasteiger partial charge in [-0.1, -0.05) is 27.2 Å². The fourth-order valence-corrected chi connectivity index (χ4v) is 2.45. The average Bonchev–Trinajstić information content (AvgIpc) is 2.16. The number of ether oxygens (including phenoxy) is 1. The Morgan fingerprint density at radius 3 is 1.82 bits per heavy atom. The Hall–Kier alpha value is -0.120. The van der Waals surface area contributed by atoms with Gasteiger partial charge in [-0.2, -0.15) is 0 Å². The van der Waals surface area contributed by atoms with Gasteiger partial charge in [0.2, 0.25) is 0 Å². The van der Waals surface area contributed by atoms with E-state index in [4.69, 9.17) is 16.2 Å². The Kier molecular flexibility index (Phi) is 8.01. The molecule has 3 nitrogen and oxygen atoms in total. The van der Waals surface area contributed by atoms with E-state index >= 15 is 0 Å². The van der Waals surface area contributed by atoms with Crippen molar-refractivity contribution in [3.63, 3.8) is 0 Å². The second-order valence-corrected chi connectivity index (χ2v) is 5.78. The second kappa shape index (κ2) is 8.06. The minimum absolute atomic E-state index is 0.227. The lowest BCUT2D eigenvalue weighted by atomic mass is 9.81. The van der Waals surface area contributed by atoms with Gasteiger partial charge in [0.05, 0.1) is 18.4 Å². The van der Waals surface area contributed by atoms with E-state index in [2.05, 4.69) is 41.5 Å². The fraction of sp³-hybridized carbons (Fsp3) is 1.00. The van der Waals surface area contributed by atoms with Gasteiger partial charge in [-0.15, -0.1) is 0 Å². The Morgan fingerprint density at radius 2 is 1.53 bits per heavy atom. The van der Waals surface area contributed by atoms with Crippen molar-refractivity contribution in [2.45, 2.75) is 72.8 Å². The molecule has 3 heteroatoms. The van der Waals surface area contributed by atoms with Gasteiger partial charge in [0.1, 0.15) is 0 Å². The van der Waals surface area contributed by atoms with Crippen molar-refractivity contribution in [2.75, 3.05) is 0 Å². The molecule has 0 aliphatic heterocycles. The van der Waals surface area contributed by atoms with Crippen LogP contribution in [0.2, 0.25) is 0 Å². The van der Waals surface area contributed by atoms with Crippen molar-refractivity contribution in [1.29, 1.82) is 0 Å². The Balaban J connectivity index is 4.45. The SMILES string of the molecule is CCC(CC(C(C)C)C(N)N)C(C)OC(C)C. The molecule has 4 N–H and O–H groups in total. The number of hydrogen-bond acceptors (Lipinski definition) is 3. The third-order valence-corrected chi connectivity index (χ3v) is 3.60. The zero-order valence-electron chi connectivity index (χ0n) is 12.4. The summed E-state index contributed by atoms with van der Waals surface area (Å²) in [5, 5.41) is 0. The summed E-state index contributed by atoms with van der Waals surface area (Å²) in [4.78, 5) is 0. The fourth-order valence-electron chi connectivity index (χ4n) is 2.45. The molecule has 0 radical (unpaired) electrons. The summed E-state index contributed by atoms with van der Waals surface area (Å²) < 4.78 is 5.88. The summed E-state index contributed by atoms with van der Waals surface area (Å²) in [5.74, 6) is 1.44. The first-order chi connectivity index (χ1) is 7.79. The first-order valence-corrected chi connectivity index (χ1v) is 6.96. The monoisotopic (exact) mass is 244 g/mol. The van der Waals surface area contributed by atoms with E-state index in [1.807, 2.05) is 0 Å². The maximum Gasteiger partial charge on any atom is 0.0578 e. The molecule has 0 fully saturated rings. The van der Waals surface area contributed by atoms with Crippen LogP contribution in [0.5, 0.6) is 0 Å². The van der Waals surface area contributed by atoms with Crippen molar-refractivity contribution in [3.05, 3.63) is 0 Å². The predicted octanol–water partition coefficient (Wildman–Crippen LogP) is 2.73. The highest BCUT2D eigenvalue weighted by Crippen LogP contribution is 2.27. The molecule has 0 aromatic heterocycles. The molecule has 3 atom stereocenters. The first kappa shape index (κ1) is 16.9. The van der Waals surface area contributed by atoms with Crippen LogP contribution in [0.3, 0.4) is 0 Å². The van der Waals surface area contributed by atoms with Gasteiger partial charge in [-0.05, 0) is 44.9 Å². The third kappa shape index (κ3) is 6.39. The molecule has 104 valence electrons. The molecular weight excluding hydrogens is 212 g/mol. The van der Waals surface area contributed by atoms with Crippen LogP contribution in [0.25, 0.3) is 0 Å².